The molecule has 2 aromatic carbocycles. The molecule has 4 heteroatoms. The summed E-state index contributed by atoms with van der Waals surface area (Å²) in [5.41, 5.74) is 1.18. The average Bonchev–Trinajstić information content (AvgIpc) is 2.52. The first kappa shape index (κ1) is 17.7. The van der Waals surface area contributed by atoms with Crippen molar-refractivity contribution in [2.75, 3.05) is 6.61 Å². The number of hydrogen-bond donors (Lipinski definition) is 1. The van der Waals surface area contributed by atoms with Crippen molar-refractivity contribution >= 4 is 11.6 Å². The van der Waals surface area contributed by atoms with Crippen molar-refractivity contribution < 1.29 is 19.4 Å². The molecule has 0 aromatic heterocycles. The first-order valence-electron chi connectivity index (χ1n) is 7.79. The van der Waals surface area contributed by atoms with Crippen LogP contribution in [0.25, 0.3) is 0 Å². The molecule has 0 bridgehead atoms. The van der Waals surface area contributed by atoms with E-state index in [1.54, 1.807) is 30.3 Å². The SMILES string of the molecule is CC(=O)COc1cc(O)c(C(=O)c2ccccc2)cc1C(C)(C)C. The van der Waals surface area contributed by atoms with Gasteiger partial charge in [-0.2, -0.15) is 0 Å². The van der Waals surface area contributed by atoms with E-state index in [0.29, 0.717) is 11.3 Å². The molecule has 0 atom stereocenters. The van der Waals surface area contributed by atoms with E-state index in [1.165, 1.54) is 13.0 Å². The molecular weight excluding hydrogens is 304 g/mol. The molecular formula is C20H22O4. The Hall–Kier alpha value is -2.62. The molecule has 0 spiro atoms. The van der Waals surface area contributed by atoms with Gasteiger partial charge in [-0.25, -0.2) is 0 Å². The van der Waals surface area contributed by atoms with Crippen LogP contribution < -0.4 is 4.74 Å². The monoisotopic (exact) mass is 326 g/mol. The fourth-order valence-corrected chi connectivity index (χ4v) is 2.38. The van der Waals surface area contributed by atoms with Gasteiger partial charge in [-0.05, 0) is 18.4 Å². The molecule has 0 unspecified atom stereocenters. The number of carbonyl (C=O) groups is 2. The van der Waals surface area contributed by atoms with E-state index in [4.69, 9.17) is 4.74 Å². The Morgan fingerprint density at radius 1 is 1.08 bits per heavy atom. The van der Waals surface area contributed by atoms with E-state index >= 15 is 0 Å². The van der Waals surface area contributed by atoms with Crippen molar-refractivity contribution in [3.63, 3.8) is 0 Å². The van der Waals surface area contributed by atoms with Gasteiger partial charge in [0.1, 0.15) is 18.1 Å². The van der Waals surface area contributed by atoms with Crippen molar-refractivity contribution in [2.24, 2.45) is 0 Å². The Labute approximate surface area is 142 Å². The lowest BCUT2D eigenvalue weighted by molar-refractivity contribution is -0.118. The fourth-order valence-electron chi connectivity index (χ4n) is 2.38. The highest BCUT2D eigenvalue weighted by atomic mass is 16.5. The number of ether oxygens (including phenoxy) is 1. The molecule has 2 aromatic rings. The van der Waals surface area contributed by atoms with Crippen LogP contribution >= 0.6 is 0 Å². The van der Waals surface area contributed by atoms with Crippen LogP contribution in [0.5, 0.6) is 11.5 Å². The summed E-state index contributed by atoms with van der Waals surface area (Å²) in [6, 6.07) is 11.9. The van der Waals surface area contributed by atoms with Gasteiger partial charge >= 0.3 is 0 Å². The van der Waals surface area contributed by atoms with Gasteiger partial charge in [-0.1, -0.05) is 51.1 Å². The molecule has 0 aliphatic rings. The summed E-state index contributed by atoms with van der Waals surface area (Å²) >= 11 is 0. The molecule has 0 saturated heterocycles. The van der Waals surface area contributed by atoms with Crippen molar-refractivity contribution in [2.45, 2.75) is 33.1 Å². The van der Waals surface area contributed by atoms with E-state index in [-0.39, 0.29) is 34.9 Å². The molecule has 0 fully saturated rings. The second-order valence-electron chi connectivity index (χ2n) is 6.80. The zero-order chi connectivity index (χ0) is 17.9. The van der Waals surface area contributed by atoms with Crippen molar-refractivity contribution in [1.29, 1.82) is 0 Å². The molecule has 4 nitrogen and oxygen atoms in total. The van der Waals surface area contributed by atoms with E-state index < -0.39 is 0 Å². The average molecular weight is 326 g/mol. The molecule has 126 valence electrons. The van der Waals surface area contributed by atoms with Crippen LogP contribution in [0.1, 0.15) is 49.2 Å². The Balaban J connectivity index is 2.51. The van der Waals surface area contributed by atoms with Crippen molar-refractivity contribution in [3.05, 3.63) is 59.2 Å². The van der Waals surface area contributed by atoms with Crippen LogP contribution in [0, 0.1) is 0 Å². The summed E-state index contributed by atoms with van der Waals surface area (Å²) in [4.78, 5) is 23.9. The normalized spacial score (nSPS) is 11.2. The number of rotatable bonds is 5. The van der Waals surface area contributed by atoms with Crippen LogP contribution in [0.4, 0.5) is 0 Å². The molecule has 1 N–H and O–H groups in total. The number of ketones is 2. The maximum atomic E-state index is 12.7. The quantitative estimate of drug-likeness (QED) is 0.847. The summed E-state index contributed by atoms with van der Waals surface area (Å²) in [5.74, 6) is -0.106. The highest BCUT2D eigenvalue weighted by Crippen LogP contribution is 2.37. The Bertz CT molecular complexity index is 755. The lowest BCUT2D eigenvalue weighted by atomic mass is 9.84. The van der Waals surface area contributed by atoms with Gasteiger partial charge in [0.05, 0.1) is 5.56 Å². The van der Waals surface area contributed by atoms with E-state index in [0.717, 1.165) is 5.56 Å². The molecule has 0 amide bonds. The Morgan fingerprint density at radius 2 is 1.71 bits per heavy atom. The lowest BCUT2D eigenvalue weighted by Crippen LogP contribution is -2.17. The standard InChI is InChI=1S/C20H22O4/c1-13(21)12-24-18-11-17(22)15(10-16(18)20(2,3)4)19(23)14-8-6-5-7-9-14/h5-11,22H,12H2,1-4H3. The molecule has 0 aliphatic heterocycles. The molecule has 0 heterocycles. The number of phenols is 1. The third-order valence-corrected chi connectivity index (χ3v) is 3.62. The largest absolute Gasteiger partial charge is 0.507 e. The summed E-state index contributed by atoms with van der Waals surface area (Å²) in [6.45, 7) is 7.31. The smallest absolute Gasteiger partial charge is 0.196 e. The number of benzene rings is 2. The lowest BCUT2D eigenvalue weighted by Gasteiger charge is -2.24. The van der Waals surface area contributed by atoms with Gasteiger partial charge in [-0.15, -0.1) is 0 Å². The van der Waals surface area contributed by atoms with Crippen LogP contribution in [0.15, 0.2) is 42.5 Å². The number of aromatic hydroxyl groups is 1. The molecule has 0 saturated carbocycles. The molecule has 0 aliphatic carbocycles. The Morgan fingerprint density at radius 3 is 2.25 bits per heavy atom. The minimum Gasteiger partial charge on any atom is -0.507 e. The second kappa shape index (κ2) is 6.87. The fraction of sp³-hybridized carbons (Fsp3) is 0.300. The zero-order valence-corrected chi connectivity index (χ0v) is 14.4. The topological polar surface area (TPSA) is 63.6 Å². The maximum Gasteiger partial charge on any atom is 0.196 e. The third-order valence-electron chi connectivity index (χ3n) is 3.62. The summed E-state index contributed by atoms with van der Waals surface area (Å²) < 4.78 is 5.53. The minimum absolute atomic E-state index is 0.0749. The summed E-state index contributed by atoms with van der Waals surface area (Å²) in [6.07, 6.45) is 0. The van der Waals surface area contributed by atoms with E-state index in [9.17, 15) is 14.7 Å². The third kappa shape index (κ3) is 4.02. The van der Waals surface area contributed by atoms with Gasteiger partial charge in [0.2, 0.25) is 0 Å². The van der Waals surface area contributed by atoms with Gasteiger partial charge in [0.25, 0.3) is 0 Å². The Kier molecular flexibility index (Phi) is 5.07. The van der Waals surface area contributed by atoms with Gasteiger partial charge in [0, 0.05) is 17.2 Å². The minimum atomic E-state index is -0.314. The second-order valence-corrected chi connectivity index (χ2v) is 6.80. The van der Waals surface area contributed by atoms with Gasteiger partial charge in [-0.3, -0.25) is 9.59 Å². The predicted octanol–water partition coefficient (Wildman–Crippen LogP) is 3.89. The number of hydrogen-bond acceptors (Lipinski definition) is 4. The molecule has 24 heavy (non-hydrogen) atoms. The van der Waals surface area contributed by atoms with Crippen LogP contribution in [0.3, 0.4) is 0 Å². The predicted molar refractivity (Wildman–Crippen MR) is 92.9 cm³/mol. The number of Topliss-reactive ketones (excluding diaryl/α,β-unsaturated/α-hetero) is 1. The first-order chi connectivity index (χ1) is 11.2. The number of carbonyl (C=O) groups excluding carboxylic acids is 2. The van der Waals surface area contributed by atoms with Crippen LogP contribution in [-0.4, -0.2) is 23.3 Å². The summed E-state index contributed by atoms with van der Waals surface area (Å²) in [7, 11) is 0. The van der Waals surface area contributed by atoms with Crippen LogP contribution in [0.2, 0.25) is 0 Å². The van der Waals surface area contributed by atoms with Crippen LogP contribution in [-0.2, 0) is 10.2 Å². The highest BCUT2D eigenvalue weighted by molar-refractivity contribution is 6.10. The molecule has 2 rings (SSSR count). The van der Waals surface area contributed by atoms with Crippen molar-refractivity contribution in [1.82, 2.24) is 0 Å². The maximum absolute atomic E-state index is 12.7. The first-order valence-corrected chi connectivity index (χ1v) is 7.79. The van der Waals surface area contributed by atoms with Crippen molar-refractivity contribution in [3.8, 4) is 11.5 Å². The van der Waals surface area contributed by atoms with E-state index in [1.807, 2.05) is 26.8 Å². The van der Waals surface area contributed by atoms with Gasteiger partial charge in [0.15, 0.2) is 11.6 Å². The van der Waals surface area contributed by atoms with E-state index in [2.05, 4.69) is 0 Å². The van der Waals surface area contributed by atoms with Gasteiger partial charge < -0.3 is 9.84 Å². The highest BCUT2D eigenvalue weighted by Gasteiger charge is 2.24. The zero-order valence-electron chi connectivity index (χ0n) is 14.4. The number of phenolic OH excluding ortho intramolecular Hbond substituents is 1. The molecule has 0 radical (unpaired) electrons. The summed E-state index contributed by atoms with van der Waals surface area (Å²) in [5, 5.41) is 10.3.